The van der Waals surface area contributed by atoms with E-state index in [2.05, 4.69) is 4.74 Å². The lowest BCUT2D eigenvalue weighted by molar-refractivity contribution is -0.145. The van der Waals surface area contributed by atoms with Crippen molar-refractivity contribution in [3.63, 3.8) is 0 Å². The molecule has 0 N–H and O–H groups in total. The number of carbonyl (C=O) groups is 2. The van der Waals surface area contributed by atoms with E-state index in [1.807, 2.05) is 0 Å². The SMILES string of the molecule is COC(=O)CCN(C)C(=O)CC1(OC)CCC1. The van der Waals surface area contributed by atoms with E-state index in [4.69, 9.17) is 4.74 Å². The van der Waals surface area contributed by atoms with Crippen LogP contribution >= 0.6 is 0 Å². The summed E-state index contributed by atoms with van der Waals surface area (Å²) in [4.78, 5) is 24.4. The molecule has 17 heavy (non-hydrogen) atoms. The standard InChI is InChI=1S/C12H21NO4/c1-13(8-5-11(15)16-2)10(14)9-12(17-3)6-4-7-12/h4-9H2,1-3H3. The summed E-state index contributed by atoms with van der Waals surface area (Å²) in [5.41, 5.74) is -0.253. The molecule has 5 nitrogen and oxygen atoms in total. The Kier molecular flexibility index (Phi) is 4.93. The smallest absolute Gasteiger partial charge is 0.307 e. The van der Waals surface area contributed by atoms with Crippen LogP contribution in [0, 0.1) is 0 Å². The maximum atomic E-state index is 11.9. The van der Waals surface area contributed by atoms with Crippen molar-refractivity contribution in [3.05, 3.63) is 0 Å². The summed E-state index contributed by atoms with van der Waals surface area (Å²) in [7, 11) is 4.70. The Morgan fingerprint density at radius 2 is 1.94 bits per heavy atom. The topological polar surface area (TPSA) is 55.8 Å². The molecule has 0 aromatic carbocycles. The van der Waals surface area contributed by atoms with Crippen molar-refractivity contribution in [3.8, 4) is 0 Å². The van der Waals surface area contributed by atoms with Gasteiger partial charge in [-0.15, -0.1) is 0 Å². The average molecular weight is 243 g/mol. The van der Waals surface area contributed by atoms with Crippen LogP contribution in [0.3, 0.4) is 0 Å². The summed E-state index contributed by atoms with van der Waals surface area (Å²) >= 11 is 0. The molecule has 0 aromatic rings. The first-order valence-electron chi connectivity index (χ1n) is 5.89. The highest BCUT2D eigenvalue weighted by Crippen LogP contribution is 2.38. The number of carbonyl (C=O) groups excluding carboxylic acids is 2. The van der Waals surface area contributed by atoms with Crippen molar-refractivity contribution in [2.75, 3.05) is 27.8 Å². The Hall–Kier alpha value is -1.10. The summed E-state index contributed by atoms with van der Waals surface area (Å²) in [6.07, 6.45) is 3.65. The lowest BCUT2D eigenvalue weighted by Gasteiger charge is -2.40. The second kappa shape index (κ2) is 6.00. The van der Waals surface area contributed by atoms with Crippen molar-refractivity contribution in [2.24, 2.45) is 0 Å². The van der Waals surface area contributed by atoms with Crippen molar-refractivity contribution in [1.82, 2.24) is 4.90 Å². The van der Waals surface area contributed by atoms with Gasteiger partial charge in [0.15, 0.2) is 0 Å². The van der Waals surface area contributed by atoms with Gasteiger partial charge in [-0.3, -0.25) is 9.59 Å². The number of methoxy groups -OCH3 is 2. The highest BCUT2D eigenvalue weighted by Gasteiger charge is 2.39. The molecule has 1 aliphatic rings. The van der Waals surface area contributed by atoms with Crippen LogP contribution in [-0.2, 0) is 19.1 Å². The number of hydrogen-bond donors (Lipinski definition) is 0. The van der Waals surface area contributed by atoms with Crippen LogP contribution in [0.5, 0.6) is 0 Å². The molecule has 0 heterocycles. The first-order chi connectivity index (χ1) is 8.03. The maximum Gasteiger partial charge on any atom is 0.307 e. The molecule has 0 saturated heterocycles. The van der Waals surface area contributed by atoms with Gasteiger partial charge in [-0.25, -0.2) is 0 Å². The molecular formula is C12H21NO4. The van der Waals surface area contributed by atoms with Gasteiger partial charge in [0.1, 0.15) is 0 Å². The van der Waals surface area contributed by atoms with Gasteiger partial charge in [0.2, 0.25) is 5.91 Å². The number of hydrogen-bond acceptors (Lipinski definition) is 4. The van der Waals surface area contributed by atoms with E-state index in [0.717, 1.165) is 19.3 Å². The van der Waals surface area contributed by atoms with Crippen LogP contribution < -0.4 is 0 Å². The second-order valence-corrected chi connectivity index (χ2v) is 4.56. The third kappa shape index (κ3) is 3.70. The van der Waals surface area contributed by atoms with E-state index in [-0.39, 0.29) is 23.9 Å². The first kappa shape index (κ1) is 14.0. The molecule has 0 spiro atoms. The van der Waals surface area contributed by atoms with Crippen LogP contribution in [0.4, 0.5) is 0 Å². The van der Waals surface area contributed by atoms with E-state index < -0.39 is 0 Å². The summed E-state index contributed by atoms with van der Waals surface area (Å²) in [5, 5.41) is 0. The molecule has 1 rings (SSSR count). The van der Waals surface area contributed by atoms with Crippen molar-refractivity contribution in [1.29, 1.82) is 0 Å². The van der Waals surface area contributed by atoms with Gasteiger partial charge in [0.25, 0.3) is 0 Å². The van der Waals surface area contributed by atoms with Gasteiger partial charge in [0.05, 0.1) is 25.6 Å². The molecule has 0 unspecified atom stereocenters. The lowest BCUT2D eigenvalue weighted by atomic mass is 9.77. The normalized spacial score (nSPS) is 17.1. The number of rotatable bonds is 6. The van der Waals surface area contributed by atoms with Crippen LogP contribution in [0.1, 0.15) is 32.1 Å². The molecule has 1 fully saturated rings. The summed E-state index contributed by atoms with van der Waals surface area (Å²) in [6, 6.07) is 0. The van der Waals surface area contributed by atoms with Crippen LogP contribution in [0.25, 0.3) is 0 Å². The predicted molar refractivity (Wildman–Crippen MR) is 62.5 cm³/mol. The van der Waals surface area contributed by atoms with E-state index in [1.54, 1.807) is 19.1 Å². The number of ether oxygens (including phenoxy) is 2. The Morgan fingerprint density at radius 3 is 2.35 bits per heavy atom. The van der Waals surface area contributed by atoms with E-state index in [0.29, 0.717) is 13.0 Å². The minimum Gasteiger partial charge on any atom is -0.469 e. The molecule has 1 amide bonds. The average Bonchev–Trinajstić information content (AvgIpc) is 2.29. The largest absolute Gasteiger partial charge is 0.469 e. The molecule has 1 aliphatic carbocycles. The summed E-state index contributed by atoms with van der Waals surface area (Å²) < 4.78 is 9.94. The fourth-order valence-electron chi connectivity index (χ4n) is 1.92. The molecule has 1 saturated carbocycles. The molecule has 0 radical (unpaired) electrons. The Bertz CT molecular complexity index is 281. The molecule has 0 bridgehead atoms. The molecular weight excluding hydrogens is 222 g/mol. The van der Waals surface area contributed by atoms with Gasteiger partial charge in [-0.1, -0.05) is 0 Å². The van der Waals surface area contributed by atoms with Crippen molar-refractivity contribution in [2.45, 2.75) is 37.7 Å². The van der Waals surface area contributed by atoms with Crippen molar-refractivity contribution >= 4 is 11.9 Å². The molecule has 0 atom stereocenters. The zero-order chi connectivity index (χ0) is 12.9. The number of amides is 1. The van der Waals surface area contributed by atoms with E-state index in [1.165, 1.54) is 7.11 Å². The second-order valence-electron chi connectivity index (χ2n) is 4.56. The maximum absolute atomic E-state index is 11.9. The highest BCUT2D eigenvalue weighted by atomic mass is 16.5. The van der Waals surface area contributed by atoms with E-state index >= 15 is 0 Å². The third-order valence-corrected chi connectivity index (χ3v) is 3.48. The minimum absolute atomic E-state index is 0.0236. The zero-order valence-corrected chi connectivity index (χ0v) is 10.8. The van der Waals surface area contributed by atoms with Crippen LogP contribution in [0.15, 0.2) is 0 Å². The first-order valence-corrected chi connectivity index (χ1v) is 5.89. The van der Waals surface area contributed by atoms with Gasteiger partial charge in [-0.2, -0.15) is 0 Å². The number of nitrogens with zero attached hydrogens (tertiary/aromatic N) is 1. The Morgan fingerprint density at radius 1 is 1.29 bits per heavy atom. The lowest BCUT2D eigenvalue weighted by Crippen LogP contribution is -2.44. The van der Waals surface area contributed by atoms with Gasteiger partial charge in [-0.05, 0) is 19.3 Å². The fourth-order valence-corrected chi connectivity index (χ4v) is 1.92. The molecule has 98 valence electrons. The van der Waals surface area contributed by atoms with Crippen LogP contribution in [-0.4, -0.2) is 50.2 Å². The van der Waals surface area contributed by atoms with Crippen LogP contribution in [0.2, 0.25) is 0 Å². The Balaban J connectivity index is 2.34. The fraction of sp³-hybridized carbons (Fsp3) is 0.833. The van der Waals surface area contributed by atoms with Gasteiger partial charge in [0, 0.05) is 20.7 Å². The third-order valence-electron chi connectivity index (χ3n) is 3.48. The van der Waals surface area contributed by atoms with Gasteiger partial charge < -0.3 is 14.4 Å². The summed E-state index contributed by atoms with van der Waals surface area (Å²) in [5.74, 6) is -0.273. The highest BCUT2D eigenvalue weighted by molar-refractivity contribution is 5.78. The molecule has 0 aliphatic heterocycles. The van der Waals surface area contributed by atoms with Crippen molar-refractivity contribution < 1.29 is 19.1 Å². The van der Waals surface area contributed by atoms with E-state index in [9.17, 15) is 9.59 Å². The number of esters is 1. The zero-order valence-electron chi connectivity index (χ0n) is 10.8. The monoisotopic (exact) mass is 243 g/mol. The molecule has 0 aromatic heterocycles. The quantitative estimate of drug-likeness (QED) is 0.652. The summed E-state index contributed by atoms with van der Waals surface area (Å²) in [6.45, 7) is 0.394. The van der Waals surface area contributed by atoms with Gasteiger partial charge >= 0.3 is 5.97 Å². The minimum atomic E-state index is -0.297. The Labute approximate surface area is 102 Å². The predicted octanol–water partition coefficient (Wildman–Crippen LogP) is 0.967. The molecule has 5 heteroatoms.